The van der Waals surface area contributed by atoms with E-state index >= 15 is 0 Å². The molecule has 0 unspecified atom stereocenters. The number of nitrogens with one attached hydrogen (secondary N) is 1. The molecule has 0 atom stereocenters. The number of amides is 1. The standard InChI is InChI=1S/C21H22N6O2.C2HF3O2/c1-13-10-14(17-16-6-5-9-27(16)24-12-23-17)7-8-15(13)11-22-18(28)19-25-20(26-29-19)21(2,3)4;3-2(4,5)1(6)7/h5-10,12H,11H2,1-4H3,(H,22,28);(H,6,7). The summed E-state index contributed by atoms with van der Waals surface area (Å²) < 4.78 is 38.6. The highest BCUT2D eigenvalue weighted by molar-refractivity contribution is 5.89. The van der Waals surface area contributed by atoms with E-state index in [0.29, 0.717) is 12.4 Å². The minimum atomic E-state index is -5.08. The summed E-state index contributed by atoms with van der Waals surface area (Å²) in [6.07, 6.45) is -1.65. The minimum Gasteiger partial charge on any atom is -0.475 e. The molecule has 190 valence electrons. The van der Waals surface area contributed by atoms with Crippen LogP contribution in [0, 0.1) is 6.92 Å². The van der Waals surface area contributed by atoms with Crippen molar-refractivity contribution in [3.05, 3.63) is 65.7 Å². The van der Waals surface area contributed by atoms with Crippen LogP contribution in [0.3, 0.4) is 0 Å². The number of carboxylic acids is 1. The molecular formula is C23H23F3N6O4. The van der Waals surface area contributed by atoms with Gasteiger partial charge in [0.05, 0.1) is 11.2 Å². The van der Waals surface area contributed by atoms with E-state index in [4.69, 9.17) is 14.4 Å². The van der Waals surface area contributed by atoms with E-state index in [1.54, 1.807) is 10.8 Å². The highest BCUT2D eigenvalue weighted by Gasteiger charge is 2.38. The normalized spacial score (nSPS) is 11.6. The van der Waals surface area contributed by atoms with Gasteiger partial charge in [-0.25, -0.2) is 14.3 Å². The lowest BCUT2D eigenvalue weighted by molar-refractivity contribution is -0.192. The Morgan fingerprint density at radius 1 is 1.17 bits per heavy atom. The molecule has 0 aliphatic carbocycles. The van der Waals surface area contributed by atoms with Crippen molar-refractivity contribution in [3.8, 4) is 11.3 Å². The predicted octanol–water partition coefficient (Wildman–Crippen LogP) is 3.95. The number of aliphatic carboxylic acids is 1. The fourth-order valence-electron chi connectivity index (χ4n) is 3.00. The number of nitrogens with zero attached hydrogens (tertiary/aromatic N) is 5. The van der Waals surface area contributed by atoms with E-state index in [-0.39, 0.29) is 17.2 Å². The first kappa shape index (κ1) is 26.3. The highest BCUT2D eigenvalue weighted by Crippen LogP contribution is 2.24. The van der Waals surface area contributed by atoms with Gasteiger partial charge >= 0.3 is 23.9 Å². The number of hydrogen-bond acceptors (Lipinski definition) is 7. The van der Waals surface area contributed by atoms with Crippen LogP contribution in [0.5, 0.6) is 0 Å². The minimum absolute atomic E-state index is 0.0270. The van der Waals surface area contributed by atoms with Gasteiger partial charge in [-0.05, 0) is 36.2 Å². The largest absolute Gasteiger partial charge is 0.490 e. The molecule has 4 rings (SSSR count). The second kappa shape index (κ2) is 10.1. The van der Waals surface area contributed by atoms with Crippen molar-refractivity contribution in [1.82, 2.24) is 30.1 Å². The molecule has 1 amide bonds. The third kappa shape index (κ3) is 6.23. The second-order valence-corrected chi connectivity index (χ2v) is 8.75. The third-order valence-corrected chi connectivity index (χ3v) is 4.92. The lowest BCUT2D eigenvalue weighted by Crippen LogP contribution is -2.24. The summed E-state index contributed by atoms with van der Waals surface area (Å²) >= 11 is 0. The van der Waals surface area contributed by atoms with Gasteiger partial charge in [0.1, 0.15) is 6.33 Å². The number of benzene rings is 1. The molecule has 0 saturated carbocycles. The first-order chi connectivity index (χ1) is 16.8. The zero-order chi connectivity index (χ0) is 26.7. The second-order valence-electron chi connectivity index (χ2n) is 8.75. The Hall–Kier alpha value is -4.29. The average Bonchev–Trinajstić information content (AvgIpc) is 3.47. The molecule has 3 aromatic heterocycles. The number of rotatable bonds is 4. The van der Waals surface area contributed by atoms with E-state index in [1.807, 2.05) is 58.2 Å². The smallest absolute Gasteiger partial charge is 0.475 e. The molecule has 2 N–H and O–H groups in total. The number of aryl methyl sites for hydroxylation is 1. The summed E-state index contributed by atoms with van der Waals surface area (Å²) in [5, 5.41) is 18.1. The van der Waals surface area contributed by atoms with Gasteiger partial charge in [0.25, 0.3) is 0 Å². The Bertz CT molecular complexity index is 1390. The van der Waals surface area contributed by atoms with Crippen LogP contribution in [0.2, 0.25) is 0 Å². The zero-order valence-electron chi connectivity index (χ0n) is 19.8. The molecule has 0 spiro atoms. The van der Waals surface area contributed by atoms with Crippen molar-refractivity contribution in [2.75, 3.05) is 0 Å². The van der Waals surface area contributed by atoms with Crippen LogP contribution in [0.15, 0.2) is 47.4 Å². The van der Waals surface area contributed by atoms with Gasteiger partial charge in [-0.15, -0.1) is 0 Å². The molecule has 13 heteroatoms. The highest BCUT2D eigenvalue weighted by atomic mass is 19.4. The molecule has 0 fully saturated rings. The monoisotopic (exact) mass is 504 g/mol. The van der Waals surface area contributed by atoms with Crippen LogP contribution >= 0.6 is 0 Å². The van der Waals surface area contributed by atoms with Crippen LogP contribution in [0.4, 0.5) is 13.2 Å². The maximum Gasteiger partial charge on any atom is 0.490 e. The molecule has 3 heterocycles. The Labute approximate surface area is 203 Å². The lowest BCUT2D eigenvalue weighted by atomic mass is 9.96. The Morgan fingerprint density at radius 2 is 1.86 bits per heavy atom. The summed E-state index contributed by atoms with van der Waals surface area (Å²) in [5.41, 5.74) is 4.57. The van der Waals surface area contributed by atoms with Crippen molar-refractivity contribution in [2.24, 2.45) is 0 Å². The summed E-state index contributed by atoms with van der Waals surface area (Å²) in [4.78, 5) is 29.9. The summed E-state index contributed by atoms with van der Waals surface area (Å²) in [5.74, 6) is -2.67. The molecular weight excluding hydrogens is 481 g/mol. The molecule has 0 aliphatic rings. The van der Waals surface area contributed by atoms with Gasteiger partial charge in [0, 0.05) is 23.7 Å². The maximum absolute atomic E-state index is 12.3. The molecule has 0 saturated heterocycles. The summed E-state index contributed by atoms with van der Waals surface area (Å²) in [6.45, 7) is 8.26. The SMILES string of the molecule is Cc1cc(-c2ncnn3cccc23)ccc1CNC(=O)c1nc(C(C)(C)C)no1.O=C(O)C(F)(F)F. The van der Waals surface area contributed by atoms with Crippen molar-refractivity contribution in [3.63, 3.8) is 0 Å². The maximum atomic E-state index is 12.3. The number of carbonyl (C=O) groups excluding carboxylic acids is 1. The summed E-state index contributed by atoms with van der Waals surface area (Å²) in [6, 6.07) is 9.96. The van der Waals surface area contributed by atoms with Crippen LogP contribution in [0.25, 0.3) is 16.8 Å². The van der Waals surface area contributed by atoms with Crippen LogP contribution in [0.1, 0.15) is 48.4 Å². The number of hydrogen-bond donors (Lipinski definition) is 2. The number of halogens is 3. The van der Waals surface area contributed by atoms with Gasteiger partial charge in [-0.3, -0.25) is 4.79 Å². The number of fused-ring (bicyclic) bond motifs is 1. The van der Waals surface area contributed by atoms with E-state index in [1.165, 1.54) is 0 Å². The van der Waals surface area contributed by atoms with Gasteiger partial charge < -0.3 is 14.9 Å². The van der Waals surface area contributed by atoms with Crippen molar-refractivity contribution in [2.45, 2.75) is 45.8 Å². The molecule has 36 heavy (non-hydrogen) atoms. The van der Waals surface area contributed by atoms with Crippen LogP contribution in [-0.4, -0.2) is 47.9 Å². The lowest BCUT2D eigenvalue weighted by Gasteiger charge is -2.11. The van der Waals surface area contributed by atoms with E-state index < -0.39 is 12.1 Å². The molecule has 0 bridgehead atoms. The first-order valence-electron chi connectivity index (χ1n) is 10.6. The topological polar surface area (TPSA) is 136 Å². The number of alkyl halides is 3. The zero-order valence-corrected chi connectivity index (χ0v) is 19.8. The molecule has 0 radical (unpaired) electrons. The molecule has 0 aliphatic heterocycles. The fraction of sp³-hybridized carbons (Fsp3) is 0.304. The van der Waals surface area contributed by atoms with Crippen molar-refractivity contribution >= 4 is 17.4 Å². The average molecular weight is 504 g/mol. The third-order valence-electron chi connectivity index (χ3n) is 4.92. The van der Waals surface area contributed by atoms with Gasteiger partial charge in [-0.2, -0.15) is 23.3 Å². The first-order valence-corrected chi connectivity index (χ1v) is 10.6. The van der Waals surface area contributed by atoms with Gasteiger partial charge in [0.15, 0.2) is 5.82 Å². The molecule has 4 aromatic rings. The number of carbonyl (C=O) groups is 2. The fourth-order valence-corrected chi connectivity index (χ4v) is 3.00. The van der Waals surface area contributed by atoms with Gasteiger partial charge in [0.2, 0.25) is 0 Å². The van der Waals surface area contributed by atoms with E-state index in [0.717, 1.165) is 27.9 Å². The number of carboxylic acid groups (broad SMARTS) is 1. The predicted molar refractivity (Wildman–Crippen MR) is 121 cm³/mol. The van der Waals surface area contributed by atoms with E-state index in [2.05, 4.69) is 31.6 Å². The summed E-state index contributed by atoms with van der Waals surface area (Å²) in [7, 11) is 0. The van der Waals surface area contributed by atoms with Crippen LogP contribution < -0.4 is 5.32 Å². The quantitative estimate of drug-likeness (QED) is 0.427. The Morgan fingerprint density at radius 3 is 2.44 bits per heavy atom. The number of aromatic nitrogens is 5. The molecule has 1 aromatic carbocycles. The Kier molecular flexibility index (Phi) is 7.41. The Balaban J connectivity index is 0.000000454. The van der Waals surface area contributed by atoms with Crippen molar-refractivity contribution in [1.29, 1.82) is 0 Å². The van der Waals surface area contributed by atoms with Gasteiger partial charge in [-0.1, -0.05) is 38.1 Å². The van der Waals surface area contributed by atoms with Crippen LogP contribution in [-0.2, 0) is 16.8 Å². The van der Waals surface area contributed by atoms with E-state index in [9.17, 15) is 18.0 Å². The molecule has 10 nitrogen and oxygen atoms in total. The van der Waals surface area contributed by atoms with Crippen molar-refractivity contribution < 1.29 is 32.4 Å².